The second-order valence-corrected chi connectivity index (χ2v) is 7.97. The first-order valence-electron chi connectivity index (χ1n) is 9.25. The third kappa shape index (κ3) is 6.39. The molecule has 2 aromatic carbocycles. The smallest absolute Gasteiger partial charge is 0.273 e. The summed E-state index contributed by atoms with van der Waals surface area (Å²) in [7, 11) is 0. The Morgan fingerprint density at radius 2 is 1.72 bits per heavy atom. The molecule has 0 radical (unpaired) electrons. The lowest BCUT2D eigenvalue weighted by molar-refractivity contribution is -0.385. The van der Waals surface area contributed by atoms with Crippen molar-refractivity contribution in [1.82, 2.24) is 10.2 Å². The molecule has 7 nitrogen and oxygen atoms in total. The number of nitro benzene ring substituents is 1. The first-order valence-corrected chi connectivity index (χ1v) is 10.0. The lowest BCUT2D eigenvalue weighted by atomic mass is 10.1. The number of carbonyl (C=O) groups is 2. The minimum atomic E-state index is -0.726. The highest BCUT2D eigenvalue weighted by Gasteiger charge is 2.28. The van der Waals surface area contributed by atoms with Crippen molar-refractivity contribution in [2.45, 2.75) is 45.8 Å². The number of hydrogen-bond donors (Lipinski definition) is 1. The monoisotopic (exact) mass is 461 g/mol. The SMILES string of the molecule is CC(C)NC(=O)C(C)N(Cc1ccc(Br)cc1)C(=O)Cc1ccccc1[N+](=O)[O-]. The molecule has 2 aromatic rings. The fourth-order valence-electron chi connectivity index (χ4n) is 2.88. The average Bonchev–Trinajstić information content (AvgIpc) is 2.66. The number of benzene rings is 2. The summed E-state index contributed by atoms with van der Waals surface area (Å²) in [4.78, 5) is 37.9. The molecule has 0 spiro atoms. The minimum Gasteiger partial charge on any atom is -0.352 e. The van der Waals surface area contributed by atoms with Gasteiger partial charge in [-0.1, -0.05) is 46.3 Å². The zero-order valence-corrected chi connectivity index (χ0v) is 18.2. The van der Waals surface area contributed by atoms with Gasteiger partial charge in [-0.3, -0.25) is 19.7 Å². The lowest BCUT2D eigenvalue weighted by Gasteiger charge is -2.29. The highest BCUT2D eigenvalue weighted by Crippen LogP contribution is 2.21. The third-order valence-electron chi connectivity index (χ3n) is 4.39. The van der Waals surface area contributed by atoms with Crippen molar-refractivity contribution in [1.29, 1.82) is 0 Å². The number of nitro groups is 1. The van der Waals surface area contributed by atoms with Crippen LogP contribution in [0, 0.1) is 10.1 Å². The molecule has 0 saturated heterocycles. The Morgan fingerprint density at radius 3 is 2.31 bits per heavy atom. The summed E-state index contributed by atoms with van der Waals surface area (Å²) in [6.45, 7) is 5.57. The number of halogens is 1. The van der Waals surface area contributed by atoms with Crippen LogP contribution in [-0.2, 0) is 22.6 Å². The van der Waals surface area contributed by atoms with E-state index < -0.39 is 11.0 Å². The maximum atomic E-state index is 13.1. The Balaban J connectivity index is 2.30. The van der Waals surface area contributed by atoms with E-state index in [0.29, 0.717) is 5.56 Å². The van der Waals surface area contributed by atoms with Crippen molar-refractivity contribution < 1.29 is 14.5 Å². The molecular formula is C21H24BrN3O4. The van der Waals surface area contributed by atoms with E-state index in [2.05, 4.69) is 21.2 Å². The number of nitrogens with zero attached hydrogens (tertiary/aromatic N) is 2. The van der Waals surface area contributed by atoms with Crippen LogP contribution in [-0.4, -0.2) is 33.7 Å². The van der Waals surface area contributed by atoms with Gasteiger partial charge in [0, 0.05) is 28.7 Å². The predicted octanol–water partition coefficient (Wildman–Crippen LogP) is 3.84. The van der Waals surface area contributed by atoms with Gasteiger partial charge < -0.3 is 10.2 Å². The number of nitrogens with one attached hydrogen (secondary N) is 1. The van der Waals surface area contributed by atoms with Crippen LogP contribution in [0.1, 0.15) is 31.9 Å². The van der Waals surface area contributed by atoms with Crippen LogP contribution in [0.2, 0.25) is 0 Å². The van der Waals surface area contributed by atoms with Gasteiger partial charge in [-0.25, -0.2) is 0 Å². The standard InChI is InChI=1S/C21H24BrN3O4/c1-14(2)23-21(27)15(3)24(13-16-8-10-18(22)11-9-16)20(26)12-17-6-4-5-7-19(17)25(28)29/h4-11,14-15H,12-13H2,1-3H3,(H,23,27). The second-order valence-electron chi connectivity index (χ2n) is 7.05. The van der Waals surface area contributed by atoms with E-state index in [1.165, 1.54) is 11.0 Å². The Morgan fingerprint density at radius 1 is 1.10 bits per heavy atom. The van der Waals surface area contributed by atoms with Gasteiger partial charge in [-0.2, -0.15) is 0 Å². The number of hydrogen-bond acceptors (Lipinski definition) is 4. The third-order valence-corrected chi connectivity index (χ3v) is 4.92. The van der Waals surface area contributed by atoms with Crippen LogP contribution in [0.3, 0.4) is 0 Å². The van der Waals surface area contributed by atoms with Gasteiger partial charge in [0.15, 0.2) is 0 Å². The fraction of sp³-hybridized carbons (Fsp3) is 0.333. The van der Waals surface area contributed by atoms with Crippen LogP contribution >= 0.6 is 15.9 Å². The molecule has 0 aliphatic heterocycles. The van der Waals surface area contributed by atoms with Crippen molar-refractivity contribution in [2.24, 2.45) is 0 Å². The van der Waals surface area contributed by atoms with Crippen molar-refractivity contribution in [3.63, 3.8) is 0 Å². The number of carbonyl (C=O) groups excluding carboxylic acids is 2. The summed E-state index contributed by atoms with van der Waals surface area (Å²) in [6.07, 6.45) is -0.160. The summed E-state index contributed by atoms with van der Waals surface area (Å²) < 4.78 is 0.907. The van der Waals surface area contributed by atoms with Gasteiger partial charge in [-0.15, -0.1) is 0 Å². The molecule has 0 saturated carbocycles. The molecule has 2 rings (SSSR count). The van der Waals surface area contributed by atoms with Crippen molar-refractivity contribution in [3.05, 3.63) is 74.2 Å². The quantitative estimate of drug-likeness (QED) is 0.477. The zero-order chi connectivity index (χ0) is 21.6. The van der Waals surface area contributed by atoms with Crippen LogP contribution < -0.4 is 5.32 Å². The first kappa shape index (κ1) is 22.5. The van der Waals surface area contributed by atoms with Crippen LogP contribution in [0.15, 0.2) is 53.0 Å². The normalized spacial score (nSPS) is 11.8. The van der Waals surface area contributed by atoms with Gasteiger partial charge in [0.1, 0.15) is 6.04 Å². The first-order chi connectivity index (χ1) is 13.7. The highest BCUT2D eigenvalue weighted by molar-refractivity contribution is 9.10. The molecule has 0 aliphatic carbocycles. The molecular weight excluding hydrogens is 438 g/mol. The van der Waals surface area contributed by atoms with E-state index in [0.717, 1.165) is 10.0 Å². The van der Waals surface area contributed by atoms with Crippen molar-refractivity contribution in [3.8, 4) is 0 Å². The van der Waals surface area contributed by atoms with Gasteiger partial charge in [0.05, 0.1) is 11.3 Å². The Kier molecular flexibility index (Phi) is 7.90. The largest absolute Gasteiger partial charge is 0.352 e. The Hall–Kier alpha value is -2.74. The van der Waals surface area contributed by atoms with Crippen molar-refractivity contribution in [2.75, 3.05) is 0 Å². The molecule has 0 bridgehead atoms. The molecule has 0 aromatic heterocycles. The Labute approximate surface area is 178 Å². The molecule has 0 fully saturated rings. The summed E-state index contributed by atoms with van der Waals surface area (Å²) in [5.41, 5.74) is 1.07. The van der Waals surface area contributed by atoms with E-state index in [1.54, 1.807) is 25.1 Å². The fourth-order valence-corrected chi connectivity index (χ4v) is 3.14. The Bertz CT molecular complexity index is 884. The van der Waals surface area contributed by atoms with E-state index in [-0.39, 0.29) is 36.5 Å². The molecule has 2 amide bonds. The van der Waals surface area contributed by atoms with E-state index in [4.69, 9.17) is 0 Å². The predicted molar refractivity (Wildman–Crippen MR) is 114 cm³/mol. The van der Waals surface area contributed by atoms with Gasteiger partial charge in [-0.05, 0) is 38.5 Å². The van der Waals surface area contributed by atoms with E-state index >= 15 is 0 Å². The molecule has 8 heteroatoms. The van der Waals surface area contributed by atoms with Gasteiger partial charge in [0.2, 0.25) is 11.8 Å². The summed E-state index contributed by atoms with van der Waals surface area (Å²) in [5.74, 6) is -0.623. The summed E-state index contributed by atoms with van der Waals surface area (Å²) in [6, 6.07) is 12.8. The summed E-state index contributed by atoms with van der Waals surface area (Å²) >= 11 is 3.38. The van der Waals surface area contributed by atoms with Crippen molar-refractivity contribution >= 4 is 33.4 Å². The molecule has 0 aliphatic rings. The lowest BCUT2D eigenvalue weighted by Crippen LogP contribution is -2.49. The molecule has 1 N–H and O–H groups in total. The number of amides is 2. The van der Waals surface area contributed by atoms with Crippen LogP contribution in [0.4, 0.5) is 5.69 Å². The van der Waals surface area contributed by atoms with E-state index in [9.17, 15) is 19.7 Å². The highest BCUT2D eigenvalue weighted by atomic mass is 79.9. The van der Waals surface area contributed by atoms with E-state index in [1.807, 2.05) is 38.1 Å². The average molecular weight is 462 g/mol. The van der Waals surface area contributed by atoms with Gasteiger partial charge >= 0.3 is 0 Å². The van der Waals surface area contributed by atoms with Gasteiger partial charge in [0.25, 0.3) is 5.69 Å². The number of para-hydroxylation sites is 1. The molecule has 154 valence electrons. The maximum Gasteiger partial charge on any atom is 0.273 e. The minimum absolute atomic E-state index is 0.0650. The van der Waals surface area contributed by atoms with Crippen LogP contribution in [0.25, 0.3) is 0 Å². The summed E-state index contributed by atoms with van der Waals surface area (Å²) in [5, 5.41) is 14.1. The topological polar surface area (TPSA) is 92.6 Å². The molecule has 1 unspecified atom stereocenters. The number of rotatable bonds is 8. The maximum absolute atomic E-state index is 13.1. The molecule has 0 heterocycles. The second kappa shape index (κ2) is 10.2. The molecule has 1 atom stereocenters. The zero-order valence-electron chi connectivity index (χ0n) is 16.6. The van der Waals surface area contributed by atoms with Crippen LogP contribution in [0.5, 0.6) is 0 Å². The molecule has 29 heavy (non-hydrogen) atoms.